The number of fused-ring (bicyclic) bond motifs is 7. The predicted molar refractivity (Wildman–Crippen MR) is 337 cm³/mol. The van der Waals surface area contributed by atoms with Crippen molar-refractivity contribution in [2.45, 2.75) is 60.2 Å². The zero-order valence-corrected chi connectivity index (χ0v) is 49.6. The van der Waals surface area contributed by atoms with Crippen LogP contribution in [0, 0.1) is 10.1 Å². The summed E-state index contributed by atoms with van der Waals surface area (Å²) in [5.41, 5.74) is 15.6. The number of nitrogens with two attached hydrogens (primary N) is 2. The molecule has 2 aliphatic rings. The Balaban J connectivity index is 0.000000227. The summed E-state index contributed by atoms with van der Waals surface area (Å²) in [7, 11) is 6.34. The van der Waals surface area contributed by atoms with Crippen LogP contribution in [-0.4, -0.2) is 110 Å². The number of hydrogen-bond acceptors (Lipinski definition) is 20. The van der Waals surface area contributed by atoms with Gasteiger partial charge in [-0.3, -0.25) is 19.6 Å². The maximum Gasteiger partial charge on any atom is 0.414 e. The molecule has 24 heteroatoms. The first-order valence-corrected chi connectivity index (χ1v) is 27.6. The second kappa shape index (κ2) is 35.2. The number of imidazole rings is 1. The summed E-state index contributed by atoms with van der Waals surface area (Å²) in [6.07, 6.45) is 12.5. The molecular weight excluding hydrogens is 1140 g/mol. The molecule has 0 unspecified atom stereocenters. The number of aromatic nitrogens is 4. The number of amides is 1. The average molecular weight is 1220 g/mol. The Morgan fingerprint density at radius 1 is 0.682 bits per heavy atom. The lowest BCUT2D eigenvalue weighted by Gasteiger charge is -2.23. The minimum Gasteiger partial charge on any atom is -0.497 e. The number of aliphatic hydroxyl groups is 1. The predicted octanol–water partition coefficient (Wildman–Crippen LogP) is 10.8. The minimum atomic E-state index is -0.788. The molecule has 0 saturated carbocycles. The van der Waals surface area contributed by atoms with E-state index in [1.54, 1.807) is 87.4 Å². The van der Waals surface area contributed by atoms with Crippen molar-refractivity contribution in [1.82, 2.24) is 19.5 Å². The number of H-pyrrole nitrogens is 1. The van der Waals surface area contributed by atoms with Crippen LogP contribution < -0.4 is 69.4 Å². The minimum absolute atomic E-state index is 0. The molecule has 8 bridgehead atoms. The van der Waals surface area contributed by atoms with Crippen molar-refractivity contribution in [3.63, 3.8) is 0 Å². The fourth-order valence-corrected chi connectivity index (χ4v) is 8.42. The van der Waals surface area contributed by atoms with Crippen LogP contribution in [-0.2, 0) is 30.9 Å². The van der Waals surface area contributed by atoms with Crippen molar-refractivity contribution < 1.29 is 66.9 Å². The lowest BCUT2D eigenvalue weighted by Crippen LogP contribution is -2.32. The van der Waals surface area contributed by atoms with Crippen LogP contribution in [0.5, 0.6) is 57.8 Å². The van der Waals surface area contributed by atoms with E-state index in [9.17, 15) is 19.7 Å². The number of pyridine rings is 2. The van der Waals surface area contributed by atoms with Gasteiger partial charge < -0.3 is 73.7 Å². The number of nitrogen functional groups attached to an aromatic ring is 2. The van der Waals surface area contributed by atoms with Crippen LogP contribution in [0.15, 0.2) is 139 Å². The van der Waals surface area contributed by atoms with E-state index < -0.39 is 16.7 Å². The third-order valence-corrected chi connectivity index (χ3v) is 12.5. The summed E-state index contributed by atoms with van der Waals surface area (Å²) in [5, 5.41) is 20.8. The molecule has 470 valence electrons. The molecule has 2 aliphatic heterocycles. The maximum atomic E-state index is 12.8. The molecule has 0 radical (unpaired) electrons. The van der Waals surface area contributed by atoms with Crippen molar-refractivity contribution in [3.8, 4) is 57.8 Å². The van der Waals surface area contributed by atoms with E-state index in [4.69, 9.17) is 68.7 Å². The molecule has 0 atom stereocenters. The van der Waals surface area contributed by atoms with Crippen molar-refractivity contribution >= 4 is 40.1 Å². The van der Waals surface area contributed by atoms with Gasteiger partial charge in [0, 0.05) is 36.4 Å². The molecule has 0 fully saturated rings. The van der Waals surface area contributed by atoms with Crippen molar-refractivity contribution in [2.75, 3.05) is 91.1 Å². The first-order chi connectivity index (χ1) is 42.1. The number of nitrogens with one attached hydrogen (secondary N) is 1. The molecule has 1 amide bonds. The molecule has 3 aromatic heterocycles. The molecule has 24 nitrogen and oxygen atoms in total. The zero-order valence-electron chi connectivity index (χ0n) is 49.6. The second-order valence-corrected chi connectivity index (χ2v) is 18.6. The van der Waals surface area contributed by atoms with Gasteiger partial charge in [0.25, 0.3) is 0 Å². The van der Waals surface area contributed by atoms with E-state index in [1.165, 1.54) is 18.7 Å². The topological polar surface area (TPSA) is 301 Å². The first kappa shape index (κ1) is 68.4. The number of aromatic amines is 1. The largest absolute Gasteiger partial charge is 0.497 e. The standard InChI is InChI=1S/C21H24N4O7.C19H20N4O4.C12H16O2.C11H14O3.CH4/c1-3-30-21(26)24-13-14-9-15(29-2)11-16(10-14)31-7-5-4-6-8-32-18-12-17(24)19(25(27)28)20(22)23-18;1-25-13-7-12-8-14(9-13)26-5-3-2-4-6-27-16-10-15-17(18(20)21-16)22-19(24)23(15)11-12;1-4-6-14-12-8-10(5-2)7-11(9-12)13-3;1-3-4-14-11-6-9(8-12)5-10(7-11)13-2;/h4-5,9-12H,3,6-8,13H2,1-2H3,(H2,22,23);2-3,7-10H,4-6,11H2,1H3,(H2,20,21)(H,22,24);4,7-9H,1,5-6H2,2-3H3;3,5-7,12H,1,4,8H2,2H3;1H4/b5-4+;3-2+;;;. The van der Waals surface area contributed by atoms with Crippen LogP contribution in [0.25, 0.3) is 11.0 Å². The zero-order chi connectivity index (χ0) is 62.7. The number of nitro groups is 1. The molecule has 4 aromatic carbocycles. The van der Waals surface area contributed by atoms with Gasteiger partial charge in [-0.1, -0.05) is 64.0 Å². The number of rotatable bonds is 14. The van der Waals surface area contributed by atoms with Gasteiger partial charge in [-0.25, -0.2) is 9.59 Å². The Bertz CT molecular complexity index is 3460. The summed E-state index contributed by atoms with van der Waals surface area (Å²) in [5.74, 6) is 5.68. The normalized spacial score (nSPS) is 13.1. The average Bonchev–Trinajstić information content (AvgIpc) is 1.81. The highest BCUT2D eigenvalue weighted by Crippen LogP contribution is 2.38. The summed E-state index contributed by atoms with van der Waals surface area (Å²) in [6, 6.07) is 24.9. The molecule has 0 spiro atoms. The monoisotopic (exact) mass is 1210 g/mol. The Labute approximate surface area is 511 Å². The highest BCUT2D eigenvalue weighted by Gasteiger charge is 2.31. The van der Waals surface area contributed by atoms with Gasteiger partial charge in [0.1, 0.15) is 83.6 Å². The van der Waals surface area contributed by atoms with E-state index in [2.05, 4.69) is 35.0 Å². The van der Waals surface area contributed by atoms with E-state index in [1.807, 2.05) is 60.7 Å². The molecular formula is C64H78N8O16. The number of carbonyl (C=O) groups excluding carboxylic acids is 1. The first-order valence-electron chi connectivity index (χ1n) is 27.6. The van der Waals surface area contributed by atoms with Gasteiger partial charge >= 0.3 is 17.5 Å². The molecule has 7 aromatic rings. The smallest absolute Gasteiger partial charge is 0.414 e. The van der Waals surface area contributed by atoms with Crippen LogP contribution in [0.2, 0.25) is 0 Å². The summed E-state index contributed by atoms with van der Waals surface area (Å²) in [4.78, 5) is 48.5. The Morgan fingerprint density at radius 3 is 1.69 bits per heavy atom. The Kier molecular flexibility index (Phi) is 27.4. The lowest BCUT2D eigenvalue weighted by molar-refractivity contribution is -0.383. The van der Waals surface area contributed by atoms with Crippen LogP contribution >= 0.6 is 0 Å². The van der Waals surface area contributed by atoms with Crippen molar-refractivity contribution in [1.29, 1.82) is 0 Å². The van der Waals surface area contributed by atoms with Gasteiger partial charge in [-0.15, -0.1) is 0 Å². The number of nitrogens with zero attached hydrogens (tertiary/aromatic N) is 5. The quantitative estimate of drug-likeness (QED) is 0.0447. The van der Waals surface area contributed by atoms with Crippen molar-refractivity contribution in [2.24, 2.45) is 0 Å². The number of aliphatic hydroxyl groups excluding tert-OH is 1. The number of hydrogen-bond donors (Lipinski definition) is 4. The van der Waals surface area contributed by atoms with E-state index in [0.717, 1.165) is 33.9 Å². The summed E-state index contributed by atoms with van der Waals surface area (Å²) >= 11 is 0. The fourth-order valence-electron chi connectivity index (χ4n) is 8.42. The number of ether oxygens (including phenoxy) is 11. The Hall–Kier alpha value is -10.4. The fraction of sp³-hybridized carbons (Fsp3) is 0.312. The molecule has 0 aliphatic carbocycles. The molecule has 0 saturated heterocycles. The lowest BCUT2D eigenvalue weighted by atomic mass is 10.1. The van der Waals surface area contributed by atoms with Crippen LogP contribution in [0.4, 0.5) is 27.8 Å². The van der Waals surface area contributed by atoms with Crippen LogP contribution in [0.3, 0.4) is 0 Å². The molecule has 5 heterocycles. The highest BCUT2D eigenvalue weighted by molar-refractivity contribution is 5.93. The summed E-state index contributed by atoms with van der Waals surface area (Å²) < 4.78 is 61.3. The number of benzene rings is 4. The molecule has 9 rings (SSSR count). The van der Waals surface area contributed by atoms with Crippen LogP contribution in [0.1, 0.15) is 56.4 Å². The van der Waals surface area contributed by atoms with Crippen molar-refractivity contribution in [3.05, 3.63) is 177 Å². The van der Waals surface area contributed by atoms with E-state index in [-0.39, 0.29) is 62.7 Å². The number of aryl methyl sites for hydroxylation is 1. The van der Waals surface area contributed by atoms with E-state index >= 15 is 0 Å². The Morgan fingerprint density at radius 2 is 1.18 bits per heavy atom. The summed E-state index contributed by atoms with van der Waals surface area (Å²) in [6.45, 7) is 13.6. The number of methoxy groups -OCH3 is 4. The highest BCUT2D eigenvalue weighted by atomic mass is 16.6. The molecule has 6 N–H and O–H groups in total. The molecule has 88 heavy (non-hydrogen) atoms. The third-order valence-electron chi connectivity index (χ3n) is 12.5. The van der Waals surface area contributed by atoms with E-state index in [0.29, 0.717) is 109 Å². The SMILES string of the molecule is C.C=CCOc1cc(CC)cc(OC)c1.C=CCOc1cc(CO)cc(OC)c1.CCOC(=O)N1Cc2cc(OC)cc(c2)OC/C=C/CCOc2cc1c([N+](=O)[O-])c(N)n2.COc1cc2cc(c1)OC/C=C/CCOc1cc3c([nH]c(=O)n3C2)c(N)n1. The second-order valence-electron chi connectivity index (χ2n) is 18.6. The number of carbonyl (C=O) groups is 1. The third kappa shape index (κ3) is 20.1. The van der Waals surface area contributed by atoms with Gasteiger partial charge in [0.15, 0.2) is 5.82 Å². The number of anilines is 3. The van der Waals surface area contributed by atoms with Gasteiger partial charge in [-0.2, -0.15) is 9.97 Å². The van der Waals surface area contributed by atoms with Gasteiger partial charge in [0.05, 0.1) is 78.4 Å². The van der Waals surface area contributed by atoms with Gasteiger partial charge in [-0.05, 0) is 97.0 Å². The maximum absolute atomic E-state index is 12.8. The van der Waals surface area contributed by atoms with Gasteiger partial charge in [0.2, 0.25) is 17.6 Å².